The molecule has 1 saturated heterocycles. The average molecular weight is 453 g/mol. The molecule has 2 fully saturated rings. The lowest BCUT2D eigenvalue weighted by Crippen LogP contribution is -2.44. The minimum absolute atomic E-state index is 0.245. The summed E-state index contributed by atoms with van der Waals surface area (Å²) in [6.07, 6.45) is 7.99. The van der Waals surface area contributed by atoms with Crippen LogP contribution in [0.4, 0.5) is 15.5 Å². The molecule has 1 aromatic carbocycles. The number of piperazine rings is 1. The van der Waals surface area contributed by atoms with E-state index in [1.807, 2.05) is 12.3 Å². The molecule has 168 valence electrons. The quantitative estimate of drug-likeness (QED) is 0.594. The van der Waals surface area contributed by atoms with Gasteiger partial charge in [-0.2, -0.15) is 0 Å². The lowest BCUT2D eigenvalue weighted by molar-refractivity contribution is 0.313. The Bertz CT molecular complexity index is 1040. The maximum atomic E-state index is 13.6. The normalized spacial score (nSPS) is 18.1. The smallest absolute Gasteiger partial charge is 0.223 e. The Hall–Kier alpha value is -2.58. The van der Waals surface area contributed by atoms with E-state index in [1.54, 1.807) is 23.5 Å². The Morgan fingerprint density at radius 2 is 1.72 bits per heavy atom. The van der Waals surface area contributed by atoms with Crippen molar-refractivity contribution in [1.82, 2.24) is 19.9 Å². The molecule has 0 unspecified atom stereocenters. The molecular formula is C24H29FN6S. The van der Waals surface area contributed by atoms with Crippen LogP contribution >= 0.6 is 11.3 Å². The first-order chi connectivity index (χ1) is 15.7. The number of benzene rings is 1. The molecule has 6 nitrogen and oxygen atoms in total. The zero-order valence-corrected chi connectivity index (χ0v) is 19.2. The van der Waals surface area contributed by atoms with E-state index in [0.717, 1.165) is 53.1 Å². The topological polar surface area (TPSA) is 57.2 Å². The van der Waals surface area contributed by atoms with E-state index in [2.05, 4.69) is 27.1 Å². The van der Waals surface area contributed by atoms with Crippen molar-refractivity contribution in [3.05, 3.63) is 42.3 Å². The van der Waals surface area contributed by atoms with Gasteiger partial charge in [0.2, 0.25) is 5.95 Å². The van der Waals surface area contributed by atoms with Crippen molar-refractivity contribution in [1.29, 1.82) is 0 Å². The van der Waals surface area contributed by atoms with E-state index in [9.17, 15) is 4.39 Å². The van der Waals surface area contributed by atoms with E-state index in [1.165, 1.54) is 44.2 Å². The van der Waals surface area contributed by atoms with Crippen LogP contribution in [0, 0.1) is 5.82 Å². The van der Waals surface area contributed by atoms with Gasteiger partial charge in [0.05, 0.1) is 16.3 Å². The van der Waals surface area contributed by atoms with Crippen LogP contribution in [0.2, 0.25) is 0 Å². The average Bonchev–Trinajstić information content (AvgIpc) is 3.26. The van der Waals surface area contributed by atoms with Crippen LogP contribution in [0.5, 0.6) is 0 Å². The number of nitrogens with one attached hydrogen (secondary N) is 1. The van der Waals surface area contributed by atoms with E-state index >= 15 is 0 Å². The molecule has 1 aliphatic heterocycles. The van der Waals surface area contributed by atoms with Crippen LogP contribution < -0.4 is 10.2 Å². The highest BCUT2D eigenvalue weighted by Crippen LogP contribution is 2.40. The predicted octanol–water partition coefficient (Wildman–Crippen LogP) is 4.90. The molecule has 0 amide bonds. The fourth-order valence-electron chi connectivity index (χ4n) is 4.40. The van der Waals surface area contributed by atoms with Crippen molar-refractivity contribution in [3.63, 3.8) is 0 Å². The van der Waals surface area contributed by atoms with E-state index < -0.39 is 0 Å². The van der Waals surface area contributed by atoms with Crippen LogP contribution in [0.25, 0.3) is 21.8 Å². The van der Waals surface area contributed by atoms with Gasteiger partial charge in [-0.05, 0) is 50.2 Å². The second-order valence-corrected chi connectivity index (χ2v) is 9.69. The van der Waals surface area contributed by atoms with Crippen LogP contribution in [0.15, 0.2) is 36.5 Å². The van der Waals surface area contributed by atoms with Crippen LogP contribution in [0.3, 0.4) is 0 Å². The van der Waals surface area contributed by atoms with Crippen LogP contribution in [0.1, 0.15) is 32.1 Å². The summed E-state index contributed by atoms with van der Waals surface area (Å²) >= 11 is 1.66. The van der Waals surface area contributed by atoms with E-state index in [-0.39, 0.29) is 5.82 Å². The summed E-state index contributed by atoms with van der Waals surface area (Å²) in [5, 5.41) is 4.52. The van der Waals surface area contributed by atoms with Gasteiger partial charge in [-0.15, -0.1) is 0 Å². The number of hydrogen-bond acceptors (Lipinski definition) is 7. The van der Waals surface area contributed by atoms with Gasteiger partial charge in [0, 0.05) is 44.0 Å². The monoisotopic (exact) mass is 452 g/mol. The summed E-state index contributed by atoms with van der Waals surface area (Å²) in [5.74, 6) is 0.430. The van der Waals surface area contributed by atoms with Crippen molar-refractivity contribution < 1.29 is 4.39 Å². The number of hydrogen-bond donors (Lipinski definition) is 1. The number of halogens is 1. The zero-order chi connectivity index (χ0) is 21.9. The fourth-order valence-corrected chi connectivity index (χ4v) is 5.51. The summed E-state index contributed by atoms with van der Waals surface area (Å²) in [7, 11) is 2.15. The third-order valence-electron chi connectivity index (χ3n) is 6.33. The van der Waals surface area contributed by atoms with Crippen molar-refractivity contribution in [2.24, 2.45) is 0 Å². The third-order valence-corrected chi connectivity index (χ3v) is 7.47. The Morgan fingerprint density at radius 3 is 2.47 bits per heavy atom. The first-order valence-corrected chi connectivity index (χ1v) is 12.3. The highest BCUT2D eigenvalue weighted by atomic mass is 32.1. The lowest BCUT2D eigenvalue weighted by atomic mass is 9.96. The van der Waals surface area contributed by atoms with Gasteiger partial charge in [0.15, 0.2) is 5.13 Å². The van der Waals surface area contributed by atoms with Gasteiger partial charge in [0.1, 0.15) is 5.82 Å². The minimum atomic E-state index is -0.245. The minimum Gasteiger partial charge on any atom is -0.351 e. The maximum Gasteiger partial charge on any atom is 0.223 e. The second-order valence-electron chi connectivity index (χ2n) is 8.72. The van der Waals surface area contributed by atoms with Crippen LogP contribution in [-0.2, 0) is 0 Å². The predicted molar refractivity (Wildman–Crippen MR) is 129 cm³/mol. The van der Waals surface area contributed by atoms with Gasteiger partial charge in [-0.3, -0.25) is 0 Å². The Kier molecular flexibility index (Phi) is 6.32. The molecule has 2 aromatic heterocycles. The van der Waals surface area contributed by atoms with Crippen molar-refractivity contribution in [2.45, 2.75) is 38.1 Å². The molecule has 0 spiro atoms. The molecule has 3 aromatic rings. The second kappa shape index (κ2) is 9.50. The maximum absolute atomic E-state index is 13.6. The Morgan fingerprint density at radius 1 is 0.969 bits per heavy atom. The Labute approximate surface area is 192 Å². The molecule has 32 heavy (non-hydrogen) atoms. The number of likely N-dealkylation sites (N-methyl/N-ethyl adjacent to an activating group) is 1. The lowest BCUT2D eigenvalue weighted by Gasteiger charge is -2.32. The molecule has 1 aliphatic carbocycles. The molecule has 1 saturated carbocycles. The Balaban J connectivity index is 1.49. The highest BCUT2D eigenvalue weighted by Gasteiger charge is 2.23. The molecule has 5 rings (SSSR count). The zero-order valence-electron chi connectivity index (χ0n) is 18.4. The summed E-state index contributed by atoms with van der Waals surface area (Å²) < 4.78 is 13.6. The molecular weight excluding hydrogens is 423 g/mol. The molecule has 0 bridgehead atoms. The fraction of sp³-hybridized carbons (Fsp3) is 0.458. The molecule has 3 heterocycles. The van der Waals surface area contributed by atoms with Gasteiger partial charge >= 0.3 is 0 Å². The summed E-state index contributed by atoms with van der Waals surface area (Å²) in [4.78, 5) is 20.0. The SMILES string of the molecule is CN1CCN(c2nc(-c3ccc(F)cc3)c(-c3ccnc(NC4CCCCC4)n3)s2)CC1. The summed E-state index contributed by atoms with van der Waals surface area (Å²) in [5.41, 5.74) is 2.61. The van der Waals surface area contributed by atoms with E-state index in [0.29, 0.717) is 12.0 Å². The molecule has 0 atom stereocenters. The van der Waals surface area contributed by atoms with Gasteiger partial charge < -0.3 is 15.1 Å². The van der Waals surface area contributed by atoms with Gasteiger partial charge in [0.25, 0.3) is 0 Å². The van der Waals surface area contributed by atoms with Gasteiger partial charge in [-0.25, -0.2) is 19.3 Å². The number of anilines is 2. The number of nitrogens with zero attached hydrogens (tertiary/aromatic N) is 5. The van der Waals surface area contributed by atoms with Crippen molar-refractivity contribution in [2.75, 3.05) is 43.4 Å². The standard InChI is InChI=1S/C24H29FN6S/c1-30-13-15-31(16-14-30)24-29-21(17-7-9-18(25)10-8-17)22(32-24)20-11-12-26-23(28-20)27-19-5-3-2-4-6-19/h7-12,19H,2-6,13-16H2,1H3,(H,26,27,28). The first kappa shape index (κ1) is 21.3. The molecule has 1 N–H and O–H groups in total. The molecule has 0 radical (unpaired) electrons. The summed E-state index contributed by atoms with van der Waals surface area (Å²) in [6, 6.07) is 8.96. The summed E-state index contributed by atoms with van der Waals surface area (Å²) in [6.45, 7) is 3.93. The number of thiazole rings is 1. The van der Waals surface area contributed by atoms with Crippen molar-refractivity contribution in [3.8, 4) is 21.8 Å². The number of rotatable bonds is 5. The third kappa shape index (κ3) is 4.76. The largest absolute Gasteiger partial charge is 0.351 e. The van der Waals surface area contributed by atoms with Crippen molar-refractivity contribution >= 4 is 22.4 Å². The number of aromatic nitrogens is 3. The highest BCUT2D eigenvalue weighted by molar-refractivity contribution is 7.19. The molecule has 8 heteroatoms. The molecule has 2 aliphatic rings. The van der Waals surface area contributed by atoms with Gasteiger partial charge in [-0.1, -0.05) is 30.6 Å². The van der Waals surface area contributed by atoms with E-state index in [4.69, 9.17) is 9.97 Å². The van der Waals surface area contributed by atoms with Crippen LogP contribution in [-0.4, -0.2) is 59.1 Å². The first-order valence-electron chi connectivity index (χ1n) is 11.5.